The lowest BCUT2D eigenvalue weighted by atomic mass is 9.80. The molecule has 0 saturated heterocycles. The maximum absolute atomic E-state index is 6.90. The molecule has 1 aliphatic rings. The van der Waals surface area contributed by atoms with Crippen molar-refractivity contribution in [1.29, 1.82) is 0 Å². The molecular formula is C33H42OSi. The molecule has 0 fully saturated rings. The topological polar surface area (TPSA) is 9.23 Å². The first kappa shape index (κ1) is 25.5. The third-order valence-corrected chi connectivity index (χ3v) is 13.1. The maximum atomic E-state index is 6.90. The molecule has 0 radical (unpaired) electrons. The highest BCUT2D eigenvalue weighted by molar-refractivity contribution is 7.03. The minimum atomic E-state index is -2.15. The second-order valence-electron chi connectivity index (χ2n) is 12.1. The van der Waals surface area contributed by atoms with E-state index in [1.807, 2.05) is 0 Å². The Bertz CT molecular complexity index is 1220. The normalized spacial score (nSPS) is 13.7. The van der Waals surface area contributed by atoms with Crippen LogP contribution in [0.2, 0.25) is 12.1 Å². The van der Waals surface area contributed by atoms with Crippen LogP contribution in [0.15, 0.2) is 66.7 Å². The Morgan fingerprint density at radius 2 is 1.46 bits per heavy atom. The lowest BCUT2D eigenvalue weighted by Crippen LogP contribution is -2.59. The van der Waals surface area contributed by atoms with Gasteiger partial charge < -0.3 is 4.74 Å². The molecule has 0 aliphatic heterocycles. The fourth-order valence-electron chi connectivity index (χ4n) is 5.56. The van der Waals surface area contributed by atoms with Gasteiger partial charge in [-0.05, 0) is 56.4 Å². The fourth-order valence-corrected chi connectivity index (χ4v) is 10.1. The lowest BCUT2D eigenvalue weighted by Gasteiger charge is -2.37. The highest BCUT2D eigenvalue weighted by Gasteiger charge is 2.41. The van der Waals surface area contributed by atoms with Gasteiger partial charge in [0.25, 0.3) is 0 Å². The van der Waals surface area contributed by atoms with Crippen molar-refractivity contribution in [3.8, 4) is 11.5 Å². The molecule has 1 aliphatic carbocycles. The van der Waals surface area contributed by atoms with Crippen molar-refractivity contribution < 1.29 is 4.74 Å². The quantitative estimate of drug-likeness (QED) is 0.321. The predicted octanol–water partition coefficient (Wildman–Crippen LogP) is 8.25. The largest absolute Gasteiger partial charge is 0.457 e. The standard InChI is InChI=1S/C33H42OSi/c1-9-35(10-2,29-21-15-17-24-16-14-20-27(24)29)30-23-25(32(3,4)5)22-28(33(6,7)8)31(30)34-26-18-12-11-13-19-26/h11-15,17-23H,9-10,16H2,1-8H3. The molecule has 0 bridgehead atoms. The Labute approximate surface area is 214 Å². The Morgan fingerprint density at radius 3 is 2.06 bits per heavy atom. The number of hydrogen-bond acceptors (Lipinski definition) is 1. The van der Waals surface area contributed by atoms with E-state index < -0.39 is 8.07 Å². The van der Waals surface area contributed by atoms with E-state index in [0.717, 1.165) is 30.0 Å². The molecule has 0 amide bonds. The molecule has 0 atom stereocenters. The van der Waals surface area contributed by atoms with Crippen LogP contribution >= 0.6 is 0 Å². The number of rotatable bonds is 6. The fraction of sp³-hybridized carbons (Fsp3) is 0.394. The first-order valence-corrected chi connectivity index (χ1v) is 15.6. The summed E-state index contributed by atoms with van der Waals surface area (Å²) in [4.78, 5) is 0. The first-order chi connectivity index (χ1) is 16.5. The van der Waals surface area contributed by atoms with Crippen molar-refractivity contribution in [2.24, 2.45) is 0 Å². The van der Waals surface area contributed by atoms with Gasteiger partial charge in [-0.15, -0.1) is 0 Å². The van der Waals surface area contributed by atoms with Crippen LogP contribution in [0.5, 0.6) is 11.5 Å². The van der Waals surface area contributed by atoms with E-state index in [1.54, 1.807) is 5.19 Å². The van der Waals surface area contributed by atoms with E-state index in [4.69, 9.17) is 4.74 Å². The van der Waals surface area contributed by atoms with Gasteiger partial charge in [-0.3, -0.25) is 0 Å². The van der Waals surface area contributed by atoms with Crippen LogP contribution in [0.1, 0.15) is 77.6 Å². The van der Waals surface area contributed by atoms with Crippen molar-refractivity contribution >= 4 is 24.5 Å². The second kappa shape index (κ2) is 9.46. The Hall–Kier alpha value is -2.58. The highest BCUT2D eigenvalue weighted by Crippen LogP contribution is 2.39. The lowest BCUT2D eigenvalue weighted by molar-refractivity contribution is 0.456. The number of hydrogen-bond donors (Lipinski definition) is 0. The first-order valence-electron chi connectivity index (χ1n) is 13.2. The summed E-state index contributed by atoms with van der Waals surface area (Å²) < 4.78 is 6.90. The van der Waals surface area contributed by atoms with Crippen LogP contribution in [0.4, 0.5) is 0 Å². The number of para-hydroxylation sites is 1. The van der Waals surface area contributed by atoms with Crippen LogP contribution in [-0.2, 0) is 17.3 Å². The SMILES string of the molecule is CC[Si](CC)(c1cccc2c1C=CC2)c1cc(C(C)(C)C)cc(C(C)(C)C)c1Oc1ccccc1. The highest BCUT2D eigenvalue weighted by atomic mass is 28.3. The molecule has 35 heavy (non-hydrogen) atoms. The number of allylic oxidation sites excluding steroid dienone is 1. The van der Waals surface area contributed by atoms with Gasteiger partial charge in [0.05, 0.1) is 0 Å². The van der Waals surface area contributed by atoms with Gasteiger partial charge in [-0.1, -0.05) is 128 Å². The third-order valence-electron chi connectivity index (χ3n) is 7.78. The molecule has 184 valence electrons. The van der Waals surface area contributed by atoms with Crippen LogP contribution in [0.25, 0.3) is 6.08 Å². The summed E-state index contributed by atoms with van der Waals surface area (Å²) in [6.45, 7) is 18.8. The van der Waals surface area contributed by atoms with Gasteiger partial charge in [0.2, 0.25) is 0 Å². The predicted molar refractivity (Wildman–Crippen MR) is 156 cm³/mol. The third kappa shape index (κ3) is 4.78. The van der Waals surface area contributed by atoms with E-state index in [9.17, 15) is 0 Å². The molecule has 3 aromatic rings. The molecule has 1 nitrogen and oxygen atoms in total. The molecule has 2 heteroatoms. The molecule has 3 aromatic carbocycles. The van der Waals surface area contributed by atoms with Crippen molar-refractivity contribution in [1.82, 2.24) is 0 Å². The minimum Gasteiger partial charge on any atom is -0.457 e. The van der Waals surface area contributed by atoms with E-state index in [1.165, 1.54) is 27.4 Å². The summed E-state index contributed by atoms with van der Waals surface area (Å²) in [5.74, 6) is 2.00. The van der Waals surface area contributed by atoms with Crippen LogP contribution in [-0.4, -0.2) is 8.07 Å². The maximum Gasteiger partial charge on any atom is 0.130 e. The zero-order chi connectivity index (χ0) is 25.4. The van der Waals surface area contributed by atoms with Crippen LogP contribution in [0.3, 0.4) is 0 Å². The molecule has 4 rings (SSSR count). The van der Waals surface area contributed by atoms with Gasteiger partial charge in [0, 0.05) is 5.56 Å². The summed E-state index contributed by atoms with van der Waals surface area (Å²) in [5, 5.41) is 3.02. The van der Waals surface area contributed by atoms with Crippen molar-refractivity contribution in [2.45, 2.75) is 84.7 Å². The summed E-state index contributed by atoms with van der Waals surface area (Å²) in [6, 6.07) is 24.6. The molecule has 0 saturated carbocycles. The van der Waals surface area contributed by atoms with Gasteiger partial charge in [0.1, 0.15) is 19.6 Å². The van der Waals surface area contributed by atoms with E-state index in [2.05, 4.69) is 128 Å². The summed E-state index contributed by atoms with van der Waals surface area (Å²) in [5.41, 5.74) is 5.66. The Morgan fingerprint density at radius 1 is 0.771 bits per heavy atom. The van der Waals surface area contributed by atoms with E-state index in [0.29, 0.717) is 0 Å². The van der Waals surface area contributed by atoms with E-state index in [-0.39, 0.29) is 10.8 Å². The smallest absolute Gasteiger partial charge is 0.130 e. The number of fused-ring (bicyclic) bond motifs is 1. The summed E-state index contributed by atoms with van der Waals surface area (Å²) in [7, 11) is -2.15. The zero-order valence-corrected chi connectivity index (χ0v) is 24.0. The molecule has 0 unspecified atom stereocenters. The zero-order valence-electron chi connectivity index (χ0n) is 23.0. The number of ether oxygens (including phenoxy) is 1. The average molecular weight is 483 g/mol. The summed E-state index contributed by atoms with van der Waals surface area (Å²) in [6.07, 6.45) is 5.74. The molecule has 0 N–H and O–H groups in total. The van der Waals surface area contributed by atoms with Crippen molar-refractivity contribution in [3.63, 3.8) is 0 Å². The molecular weight excluding hydrogens is 440 g/mol. The monoisotopic (exact) mass is 482 g/mol. The Balaban J connectivity index is 2.10. The van der Waals surface area contributed by atoms with E-state index >= 15 is 0 Å². The van der Waals surface area contributed by atoms with Crippen molar-refractivity contribution in [2.75, 3.05) is 0 Å². The van der Waals surface area contributed by atoms with Crippen LogP contribution in [0, 0.1) is 0 Å². The molecule has 0 heterocycles. The van der Waals surface area contributed by atoms with Crippen LogP contribution < -0.4 is 15.1 Å². The molecule has 0 spiro atoms. The Kier molecular flexibility index (Phi) is 6.90. The van der Waals surface area contributed by atoms with Crippen molar-refractivity contribution in [3.05, 3.63) is 89.0 Å². The summed E-state index contributed by atoms with van der Waals surface area (Å²) >= 11 is 0. The van der Waals surface area contributed by atoms with Gasteiger partial charge in [0.15, 0.2) is 0 Å². The second-order valence-corrected chi connectivity index (χ2v) is 16.7. The van der Waals surface area contributed by atoms with Gasteiger partial charge >= 0.3 is 0 Å². The molecule has 0 aromatic heterocycles. The minimum absolute atomic E-state index is 0.0414. The van der Waals surface area contributed by atoms with Gasteiger partial charge in [-0.25, -0.2) is 0 Å². The average Bonchev–Trinajstić information content (AvgIpc) is 3.29. The van der Waals surface area contributed by atoms with Gasteiger partial charge in [-0.2, -0.15) is 0 Å². The number of benzene rings is 3.